The Balaban J connectivity index is 2.42. The zero-order valence-electron chi connectivity index (χ0n) is 19.1. The number of amides is 1. The van der Waals surface area contributed by atoms with E-state index in [9.17, 15) is 13.2 Å². The summed E-state index contributed by atoms with van der Waals surface area (Å²) in [4.78, 5) is 19.3. The zero-order chi connectivity index (χ0) is 23.5. The Morgan fingerprint density at radius 2 is 2.03 bits per heavy atom. The van der Waals surface area contributed by atoms with Crippen molar-refractivity contribution < 1.29 is 17.9 Å². The average molecular weight is 476 g/mol. The largest absolute Gasteiger partial charge is 0.383 e. The van der Waals surface area contributed by atoms with E-state index < -0.39 is 21.2 Å². The summed E-state index contributed by atoms with van der Waals surface area (Å²) in [5.41, 5.74) is 6.04. The molecule has 0 spiro atoms. The number of hydrogen-bond acceptors (Lipinski definition) is 7. The van der Waals surface area contributed by atoms with Crippen LogP contribution in [0.25, 0.3) is 0 Å². The summed E-state index contributed by atoms with van der Waals surface area (Å²) in [6.45, 7) is 6.58. The van der Waals surface area contributed by atoms with Crippen LogP contribution in [0.4, 0.5) is 11.6 Å². The second-order valence-corrected chi connectivity index (χ2v) is 11.4. The third-order valence-corrected chi connectivity index (χ3v) is 8.03. The van der Waals surface area contributed by atoms with Gasteiger partial charge in [-0.2, -0.15) is 0 Å². The lowest BCUT2D eigenvalue weighted by Crippen LogP contribution is -2.40. The van der Waals surface area contributed by atoms with Crippen LogP contribution in [0.5, 0.6) is 0 Å². The Morgan fingerprint density at radius 1 is 1.42 bits per heavy atom. The molecule has 1 aliphatic carbocycles. The highest BCUT2D eigenvalue weighted by atomic mass is 35.5. The second kappa shape index (κ2) is 10.3. The summed E-state index contributed by atoms with van der Waals surface area (Å²) in [6.07, 6.45) is 1.14. The van der Waals surface area contributed by atoms with E-state index in [1.165, 1.54) is 14.2 Å². The predicted molar refractivity (Wildman–Crippen MR) is 124 cm³/mol. The van der Waals surface area contributed by atoms with Crippen LogP contribution in [-0.4, -0.2) is 71.5 Å². The number of pyridine rings is 1. The number of halogens is 1. The number of methoxy groups -OCH3 is 1. The van der Waals surface area contributed by atoms with Crippen molar-refractivity contribution in [3.05, 3.63) is 16.7 Å². The van der Waals surface area contributed by atoms with Crippen molar-refractivity contribution in [1.29, 1.82) is 0 Å². The quantitative estimate of drug-likeness (QED) is 0.500. The van der Waals surface area contributed by atoms with Crippen molar-refractivity contribution in [3.63, 3.8) is 0 Å². The SMILES string of the molecule is COC[C@H](N)CNC(=O)c1cc(N(C)C[C@H]2C[C@@H]2C)nc(N(C)S(=O)(=O)C(C)C)c1Cl. The summed E-state index contributed by atoms with van der Waals surface area (Å²) in [6, 6.07) is 1.21. The van der Waals surface area contributed by atoms with Crippen molar-refractivity contribution in [3.8, 4) is 0 Å². The van der Waals surface area contributed by atoms with Crippen LogP contribution < -0.4 is 20.3 Å². The number of sulfonamides is 1. The number of ether oxygens (including phenoxy) is 1. The lowest BCUT2D eigenvalue weighted by atomic mass is 10.2. The summed E-state index contributed by atoms with van der Waals surface area (Å²) >= 11 is 6.50. The summed E-state index contributed by atoms with van der Waals surface area (Å²) < 4.78 is 31.5. The third-order valence-electron chi connectivity index (χ3n) is 5.53. The molecule has 3 atom stereocenters. The first kappa shape index (κ1) is 25.6. The molecule has 31 heavy (non-hydrogen) atoms. The van der Waals surface area contributed by atoms with E-state index >= 15 is 0 Å². The fourth-order valence-corrected chi connectivity index (χ4v) is 4.56. The van der Waals surface area contributed by atoms with Crippen molar-refractivity contribution in [2.45, 2.75) is 38.5 Å². The Bertz CT molecular complexity index is 896. The molecule has 2 rings (SSSR count). The minimum Gasteiger partial charge on any atom is -0.383 e. The first-order chi connectivity index (χ1) is 14.4. The molecule has 1 aromatic heterocycles. The molecule has 1 aromatic rings. The standard InChI is InChI=1S/C20H34ClN5O4S/c1-12(2)31(28,29)26(5)19-18(21)16(20(27)23-9-15(22)11-30-6)8-17(24-19)25(4)10-14-7-13(14)3/h8,12-15H,7,9-11,22H2,1-6H3,(H,23,27)/t13-,14+,15+/m0/s1. The van der Waals surface area contributed by atoms with Gasteiger partial charge in [0.25, 0.3) is 5.91 Å². The van der Waals surface area contributed by atoms with Gasteiger partial charge in [-0.1, -0.05) is 18.5 Å². The highest BCUT2D eigenvalue weighted by Gasteiger charge is 2.34. The van der Waals surface area contributed by atoms with Crippen LogP contribution in [0.15, 0.2) is 6.07 Å². The van der Waals surface area contributed by atoms with E-state index in [0.717, 1.165) is 17.3 Å². The van der Waals surface area contributed by atoms with Crippen LogP contribution in [-0.2, 0) is 14.8 Å². The number of carbonyl (C=O) groups excluding carboxylic acids is 1. The molecule has 0 saturated heterocycles. The van der Waals surface area contributed by atoms with Crippen LogP contribution in [0.1, 0.15) is 37.6 Å². The van der Waals surface area contributed by atoms with E-state index in [0.29, 0.717) is 24.3 Å². The van der Waals surface area contributed by atoms with Crippen molar-refractivity contribution in [2.75, 3.05) is 50.1 Å². The van der Waals surface area contributed by atoms with E-state index in [2.05, 4.69) is 17.2 Å². The molecule has 0 radical (unpaired) electrons. The number of hydrogen-bond donors (Lipinski definition) is 2. The molecule has 11 heteroatoms. The fourth-order valence-electron chi connectivity index (χ4n) is 3.20. The number of rotatable bonds is 11. The molecular weight excluding hydrogens is 442 g/mol. The number of aromatic nitrogens is 1. The number of nitrogens with one attached hydrogen (secondary N) is 1. The zero-order valence-corrected chi connectivity index (χ0v) is 20.6. The van der Waals surface area contributed by atoms with Gasteiger partial charge in [0.2, 0.25) is 10.0 Å². The molecule has 1 aliphatic rings. The van der Waals surface area contributed by atoms with Gasteiger partial charge < -0.3 is 20.7 Å². The molecule has 9 nitrogen and oxygen atoms in total. The third kappa shape index (κ3) is 6.21. The van der Waals surface area contributed by atoms with Gasteiger partial charge in [0.1, 0.15) is 5.82 Å². The maximum absolute atomic E-state index is 12.9. The Kier molecular flexibility index (Phi) is 8.54. The average Bonchev–Trinajstić information content (AvgIpc) is 3.39. The van der Waals surface area contributed by atoms with Gasteiger partial charge in [0, 0.05) is 40.3 Å². The van der Waals surface area contributed by atoms with E-state index in [1.807, 2.05) is 11.9 Å². The lowest BCUT2D eigenvalue weighted by molar-refractivity contribution is 0.0943. The first-order valence-electron chi connectivity index (χ1n) is 10.3. The van der Waals surface area contributed by atoms with E-state index in [1.54, 1.807) is 19.9 Å². The summed E-state index contributed by atoms with van der Waals surface area (Å²) in [5, 5.41) is 2.04. The predicted octanol–water partition coefficient (Wildman–Crippen LogP) is 1.71. The molecule has 0 aliphatic heterocycles. The minimum atomic E-state index is -3.69. The van der Waals surface area contributed by atoms with E-state index in [4.69, 9.17) is 22.1 Å². The Hall–Kier alpha value is -1.62. The number of carbonyl (C=O) groups is 1. The molecule has 3 N–H and O–H groups in total. The number of nitrogens with zero attached hydrogens (tertiary/aromatic N) is 3. The van der Waals surface area contributed by atoms with Crippen molar-refractivity contribution in [1.82, 2.24) is 10.3 Å². The lowest BCUT2D eigenvalue weighted by Gasteiger charge is -2.26. The van der Waals surface area contributed by atoms with Crippen LogP contribution in [0.3, 0.4) is 0 Å². The van der Waals surface area contributed by atoms with Crippen LogP contribution in [0.2, 0.25) is 5.02 Å². The molecule has 176 valence electrons. The minimum absolute atomic E-state index is 0.0231. The number of nitrogens with two attached hydrogens (primary N) is 1. The monoisotopic (exact) mass is 475 g/mol. The summed E-state index contributed by atoms with van der Waals surface area (Å²) in [7, 11) is 1.11. The van der Waals surface area contributed by atoms with Crippen LogP contribution >= 0.6 is 11.6 Å². The molecule has 1 fully saturated rings. The van der Waals surface area contributed by atoms with Gasteiger partial charge in [-0.05, 0) is 38.2 Å². The molecule has 1 amide bonds. The van der Waals surface area contributed by atoms with Crippen LogP contribution in [0, 0.1) is 11.8 Å². The van der Waals surface area contributed by atoms with Gasteiger partial charge in [-0.15, -0.1) is 0 Å². The van der Waals surface area contributed by atoms with Gasteiger partial charge in [0.15, 0.2) is 5.82 Å². The van der Waals surface area contributed by atoms with Gasteiger partial charge in [-0.25, -0.2) is 13.4 Å². The second-order valence-electron chi connectivity index (χ2n) is 8.51. The van der Waals surface area contributed by atoms with Crippen molar-refractivity contribution >= 4 is 39.2 Å². The van der Waals surface area contributed by atoms with Crippen molar-refractivity contribution in [2.24, 2.45) is 17.6 Å². The van der Waals surface area contributed by atoms with Gasteiger partial charge >= 0.3 is 0 Å². The topological polar surface area (TPSA) is 118 Å². The Morgan fingerprint density at radius 3 is 2.55 bits per heavy atom. The number of anilines is 2. The maximum Gasteiger partial charge on any atom is 0.253 e. The molecule has 0 bridgehead atoms. The smallest absolute Gasteiger partial charge is 0.253 e. The molecular formula is C20H34ClN5O4S. The van der Waals surface area contributed by atoms with Gasteiger partial charge in [0.05, 0.1) is 22.4 Å². The molecule has 0 unspecified atom stereocenters. The first-order valence-corrected chi connectivity index (χ1v) is 12.2. The summed E-state index contributed by atoms with van der Waals surface area (Å²) in [5.74, 6) is 1.24. The molecule has 0 aromatic carbocycles. The van der Waals surface area contributed by atoms with Gasteiger partial charge in [-0.3, -0.25) is 9.10 Å². The van der Waals surface area contributed by atoms with E-state index in [-0.39, 0.29) is 29.0 Å². The highest BCUT2D eigenvalue weighted by Crippen LogP contribution is 2.39. The molecule has 1 saturated carbocycles. The highest BCUT2D eigenvalue weighted by molar-refractivity contribution is 7.93. The maximum atomic E-state index is 12.9. The fraction of sp³-hybridized carbons (Fsp3) is 0.700. The Labute approximate surface area is 190 Å². The normalized spacial score (nSPS) is 19.3. The molecule has 1 heterocycles.